The molecule has 0 saturated carbocycles. The number of hydrogen-bond acceptors (Lipinski definition) is 2. The first-order chi connectivity index (χ1) is 7.95. The van der Waals surface area contributed by atoms with Crippen molar-refractivity contribution < 1.29 is 9.90 Å². The van der Waals surface area contributed by atoms with Gasteiger partial charge in [-0.2, -0.15) is 0 Å². The second kappa shape index (κ2) is 6.24. The summed E-state index contributed by atoms with van der Waals surface area (Å²) in [4.78, 5) is 12.6. The number of carboxylic acids is 1. The lowest BCUT2D eigenvalue weighted by Gasteiger charge is -2.27. The van der Waals surface area contributed by atoms with E-state index in [4.69, 9.17) is 28.3 Å². The van der Waals surface area contributed by atoms with Crippen LogP contribution in [0.2, 0.25) is 10.0 Å². The van der Waals surface area contributed by atoms with Gasteiger partial charge in [-0.3, -0.25) is 9.69 Å². The molecule has 1 atom stereocenters. The standard InChI is InChI=1S/C12H15Cl2NO2/c1-3-15(7-12(16)17)8(2)10-6-9(13)4-5-11(10)14/h4-6,8H,3,7H2,1-2H3,(H,16,17). The third-order valence-corrected chi connectivity index (χ3v) is 3.28. The molecule has 1 rings (SSSR count). The average molecular weight is 276 g/mol. The summed E-state index contributed by atoms with van der Waals surface area (Å²) in [5, 5.41) is 10.0. The van der Waals surface area contributed by atoms with Crippen LogP contribution in [0.25, 0.3) is 0 Å². The van der Waals surface area contributed by atoms with Gasteiger partial charge in [-0.05, 0) is 37.2 Å². The number of halogens is 2. The number of nitrogens with zero attached hydrogens (tertiary/aromatic N) is 1. The second-order valence-electron chi connectivity index (χ2n) is 3.80. The van der Waals surface area contributed by atoms with Gasteiger partial charge in [-0.1, -0.05) is 30.1 Å². The van der Waals surface area contributed by atoms with Crippen molar-refractivity contribution in [3.05, 3.63) is 33.8 Å². The molecule has 0 radical (unpaired) electrons. The molecule has 17 heavy (non-hydrogen) atoms. The Morgan fingerprint density at radius 2 is 2.12 bits per heavy atom. The van der Waals surface area contributed by atoms with Crippen LogP contribution in [-0.2, 0) is 4.79 Å². The zero-order valence-corrected chi connectivity index (χ0v) is 11.3. The molecule has 5 heteroatoms. The van der Waals surface area contributed by atoms with E-state index in [1.165, 1.54) is 0 Å². The molecule has 1 unspecified atom stereocenters. The van der Waals surface area contributed by atoms with Gasteiger partial charge in [-0.25, -0.2) is 0 Å². The first-order valence-corrected chi connectivity index (χ1v) is 6.12. The highest BCUT2D eigenvalue weighted by molar-refractivity contribution is 6.33. The van der Waals surface area contributed by atoms with Crippen molar-refractivity contribution in [2.24, 2.45) is 0 Å². The Bertz CT molecular complexity index is 409. The Morgan fingerprint density at radius 3 is 2.65 bits per heavy atom. The van der Waals surface area contributed by atoms with Crippen LogP contribution in [0.15, 0.2) is 18.2 Å². The summed E-state index contributed by atoms with van der Waals surface area (Å²) in [6.45, 7) is 4.46. The van der Waals surface area contributed by atoms with Gasteiger partial charge >= 0.3 is 5.97 Å². The molecule has 0 aliphatic rings. The minimum absolute atomic E-state index is 0.0134. The van der Waals surface area contributed by atoms with Gasteiger partial charge in [0, 0.05) is 16.1 Å². The van der Waals surface area contributed by atoms with E-state index in [-0.39, 0.29) is 12.6 Å². The Balaban J connectivity index is 2.96. The molecule has 0 aliphatic carbocycles. The van der Waals surface area contributed by atoms with Crippen molar-refractivity contribution in [2.75, 3.05) is 13.1 Å². The van der Waals surface area contributed by atoms with Crippen molar-refractivity contribution in [1.82, 2.24) is 4.90 Å². The van der Waals surface area contributed by atoms with Crippen molar-refractivity contribution in [3.8, 4) is 0 Å². The number of benzene rings is 1. The number of likely N-dealkylation sites (N-methyl/N-ethyl adjacent to an activating group) is 1. The van der Waals surface area contributed by atoms with E-state index in [2.05, 4.69) is 0 Å². The van der Waals surface area contributed by atoms with E-state index in [0.717, 1.165) is 5.56 Å². The summed E-state index contributed by atoms with van der Waals surface area (Å²) >= 11 is 12.0. The van der Waals surface area contributed by atoms with Crippen LogP contribution in [0, 0.1) is 0 Å². The molecule has 3 nitrogen and oxygen atoms in total. The molecule has 0 amide bonds. The van der Waals surface area contributed by atoms with Gasteiger partial charge in [0.15, 0.2) is 0 Å². The number of carbonyl (C=O) groups is 1. The molecule has 0 aliphatic heterocycles. The summed E-state index contributed by atoms with van der Waals surface area (Å²) in [6, 6.07) is 5.14. The van der Waals surface area contributed by atoms with Gasteiger partial charge in [0.25, 0.3) is 0 Å². The number of rotatable bonds is 5. The fraction of sp³-hybridized carbons (Fsp3) is 0.417. The monoisotopic (exact) mass is 275 g/mol. The van der Waals surface area contributed by atoms with Crippen LogP contribution in [0.4, 0.5) is 0 Å². The fourth-order valence-electron chi connectivity index (χ4n) is 1.73. The maximum atomic E-state index is 10.8. The highest BCUT2D eigenvalue weighted by Crippen LogP contribution is 2.29. The summed E-state index contributed by atoms with van der Waals surface area (Å²) in [5.41, 5.74) is 0.849. The van der Waals surface area contributed by atoms with Gasteiger partial charge < -0.3 is 5.11 Å². The van der Waals surface area contributed by atoms with Gasteiger partial charge in [0.2, 0.25) is 0 Å². The van der Waals surface area contributed by atoms with Gasteiger partial charge in [0.05, 0.1) is 6.54 Å². The van der Waals surface area contributed by atoms with Crippen LogP contribution < -0.4 is 0 Å². The lowest BCUT2D eigenvalue weighted by molar-refractivity contribution is -0.138. The van der Waals surface area contributed by atoms with E-state index in [1.54, 1.807) is 18.2 Å². The lowest BCUT2D eigenvalue weighted by Crippen LogP contribution is -2.32. The molecule has 0 spiro atoms. The zero-order valence-electron chi connectivity index (χ0n) is 9.78. The molecule has 1 aromatic carbocycles. The largest absolute Gasteiger partial charge is 0.480 e. The quantitative estimate of drug-likeness (QED) is 0.895. The van der Waals surface area contributed by atoms with Crippen molar-refractivity contribution in [1.29, 1.82) is 0 Å². The summed E-state index contributed by atoms with van der Waals surface area (Å²) < 4.78 is 0. The van der Waals surface area contributed by atoms with Gasteiger partial charge in [-0.15, -0.1) is 0 Å². The Hall–Kier alpha value is -0.770. The van der Waals surface area contributed by atoms with E-state index >= 15 is 0 Å². The third kappa shape index (κ3) is 3.87. The Labute approximate surface area is 111 Å². The van der Waals surface area contributed by atoms with E-state index in [9.17, 15) is 4.79 Å². The van der Waals surface area contributed by atoms with Crippen molar-refractivity contribution >= 4 is 29.2 Å². The van der Waals surface area contributed by atoms with Crippen molar-refractivity contribution in [2.45, 2.75) is 19.9 Å². The van der Waals surface area contributed by atoms with E-state index < -0.39 is 5.97 Å². The molecular weight excluding hydrogens is 261 g/mol. The second-order valence-corrected chi connectivity index (χ2v) is 4.64. The molecule has 1 aromatic rings. The number of hydrogen-bond donors (Lipinski definition) is 1. The van der Waals surface area contributed by atoms with Gasteiger partial charge in [0.1, 0.15) is 0 Å². The predicted molar refractivity (Wildman–Crippen MR) is 69.8 cm³/mol. The highest BCUT2D eigenvalue weighted by atomic mass is 35.5. The van der Waals surface area contributed by atoms with Crippen LogP contribution in [0.5, 0.6) is 0 Å². The summed E-state index contributed by atoms with van der Waals surface area (Å²) in [5.74, 6) is -0.850. The van der Waals surface area contributed by atoms with Crippen LogP contribution in [0.3, 0.4) is 0 Å². The smallest absolute Gasteiger partial charge is 0.317 e. The number of aliphatic carboxylic acids is 1. The first-order valence-electron chi connectivity index (χ1n) is 5.36. The number of carboxylic acid groups (broad SMARTS) is 1. The zero-order chi connectivity index (χ0) is 13.0. The van der Waals surface area contributed by atoms with Crippen LogP contribution in [-0.4, -0.2) is 29.1 Å². The molecule has 1 N–H and O–H groups in total. The molecular formula is C12H15Cl2NO2. The summed E-state index contributed by atoms with van der Waals surface area (Å²) in [6.07, 6.45) is 0. The average Bonchev–Trinajstić information content (AvgIpc) is 2.28. The summed E-state index contributed by atoms with van der Waals surface area (Å²) in [7, 11) is 0. The molecule has 0 bridgehead atoms. The molecule has 0 fully saturated rings. The molecule has 94 valence electrons. The third-order valence-electron chi connectivity index (χ3n) is 2.70. The maximum Gasteiger partial charge on any atom is 0.317 e. The van der Waals surface area contributed by atoms with E-state index in [0.29, 0.717) is 16.6 Å². The predicted octanol–water partition coefficient (Wildman–Crippen LogP) is 3.46. The lowest BCUT2D eigenvalue weighted by atomic mass is 10.1. The Morgan fingerprint density at radius 1 is 1.47 bits per heavy atom. The topological polar surface area (TPSA) is 40.5 Å². The fourth-order valence-corrected chi connectivity index (χ4v) is 2.18. The Kier molecular flexibility index (Phi) is 5.25. The minimum atomic E-state index is -0.850. The SMILES string of the molecule is CCN(CC(=O)O)C(C)c1cc(Cl)ccc1Cl. The van der Waals surface area contributed by atoms with Crippen LogP contribution in [0.1, 0.15) is 25.5 Å². The molecule has 0 heterocycles. The minimum Gasteiger partial charge on any atom is -0.480 e. The molecule has 0 saturated heterocycles. The highest BCUT2D eigenvalue weighted by Gasteiger charge is 2.19. The maximum absolute atomic E-state index is 10.8. The van der Waals surface area contributed by atoms with Crippen molar-refractivity contribution in [3.63, 3.8) is 0 Å². The molecule has 0 aromatic heterocycles. The normalized spacial score (nSPS) is 12.8. The first kappa shape index (κ1) is 14.3. The van der Waals surface area contributed by atoms with E-state index in [1.807, 2.05) is 18.7 Å². The van der Waals surface area contributed by atoms with Crippen LogP contribution >= 0.6 is 23.2 Å².